The quantitative estimate of drug-likeness (QED) is 0.717. The number of hydrogen-bond donors (Lipinski definition) is 1. The Morgan fingerprint density at radius 2 is 1.31 bits per heavy atom. The number of rotatable bonds is 6. The minimum atomic E-state index is -3.68. The Morgan fingerprint density at radius 3 is 1.77 bits per heavy atom. The zero-order chi connectivity index (χ0) is 18.4. The van der Waals surface area contributed by atoms with Crippen molar-refractivity contribution < 1.29 is 13.2 Å². The van der Waals surface area contributed by atoms with E-state index < -0.39 is 10.0 Å². The summed E-state index contributed by atoms with van der Waals surface area (Å²) in [5.74, 6) is 0.605. The van der Waals surface area contributed by atoms with Crippen molar-refractivity contribution in [2.75, 3.05) is 7.11 Å². The molecule has 0 radical (unpaired) electrons. The lowest BCUT2D eigenvalue weighted by Crippen LogP contribution is -2.18. The van der Waals surface area contributed by atoms with Crippen LogP contribution >= 0.6 is 0 Å². The van der Waals surface area contributed by atoms with Gasteiger partial charge in [-0.15, -0.1) is 0 Å². The molecule has 5 heteroatoms. The minimum Gasteiger partial charge on any atom is -0.497 e. The van der Waals surface area contributed by atoms with Crippen LogP contribution in [0, 0.1) is 0 Å². The molecule has 0 atom stereocenters. The highest BCUT2D eigenvalue weighted by Crippen LogP contribution is 2.23. The Labute approximate surface area is 153 Å². The summed E-state index contributed by atoms with van der Waals surface area (Å²) in [5, 5.41) is 0. The summed E-state index contributed by atoms with van der Waals surface area (Å²) in [6.45, 7) is 0. The van der Waals surface area contributed by atoms with Crippen LogP contribution in [0.5, 0.6) is 5.75 Å². The van der Waals surface area contributed by atoms with Crippen LogP contribution in [0.1, 0.15) is 11.1 Å². The van der Waals surface area contributed by atoms with E-state index in [4.69, 9.17) is 4.74 Å². The van der Waals surface area contributed by atoms with Crippen LogP contribution in [0.3, 0.4) is 0 Å². The maximum Gasteiger partial charge on any atom is 0.261 e. The van der Waals surface area contributed by atoms with Crippen molar-refractivity contribution in [2.24, 2.45) is 0 Å². The molecule has 3 aromatic carbocycles. The molecule has 0 aliphatic carbocycles. The predicted molar refractivity (Wildman–Crippen MR) is 103 cm³/mol. The number of nitrogens with one attached hydrogen (secondary N) is 1. The maximum absolute atomic E-state index is 12.6. The first kappa shape index (κ1) is 17.8. The second-order valence-corrected chi connectivity index (χ2v) is 7.30. The summed E-state index contributed by atoms with van der Waals surface area (Å²) < 4.78 is 32.9. The first-order valence-corrected chi connectivity index (χ1v) is 9.56. The van der Waals surface area contributed by atoms with Gasteiger partial charge < -0.3 is 4.74 Å². The average molecular weight is 365 g/mol. The Hall–Kier alpha value is -3.05. The molecule has 132 valence electrons. The van der Waals surface area contributed by atoms with E-state index in [1.165, 1.54) is 25.4 Å². The van der Waals surface area contributed by atoms with Gasteiger partial charge >= 0.3 is 0 Å². The van der Waals surface area contributed by atoms with Crippen molar-refractivity contribution >= 4 is 15.6 Å². The van der Waals surface area contributed by atoms with Crippen molar-refractivity contribution in [1.29, 1.82) is 0 Å². The molecule has 0 spiro atoms. The zero-order valence-electron chi connectivity index (χ0n) is 14.3. The Morgan fingerprint density at radius 1 is 0.808 bits per heavy atom. The third-order valence-electron chi connectivity index (χ3n) is 3.90. The van der Waals surface area contributed by atoms with E-state index in [9.17, 15) is 8.42 Å². The standard InChI is InChI=1S/C21H19NO3S/c1-25-19-12-14-20(15-13-19)26(23,24)22-16-21(17-8-4-2-5-9-17)18-10-6-3-7-11-18/h2-16,22H,1H3. The average Bonchev–Trinajstić information content (AvgIpc) is 2.70. The molecule has 0 fully saturated rings. The highest BCUT2D eigenvalue weighted by Gasteiger charge is 2.13. The SMILES string of the molecule is COc1ccc(S(=O)(=O)NC=C(c2ccccc2)c2ccccc2)cc1. The Kier molecular flexibility index (Phi) is 5.39. The molecular weight excluding hydrogens is 346 g/mol. The van der Waals surface area contributed by atoms with Crippen LogP contribution < -0.4 is 9.46 Å². The second-order valence-electron chi connectivity index (χ2n) is 5.59. The largest absolute Gasteiger partial charge is 0.497 e. The Bertz CT molecular complexity index is 939. The third-order valence-corrected chi connectivity index (χ3v) is 5.22. The molecule has 0 aromatic heterocycles. The van der Waals surface area contributed by atoms with E-state index in [2.05, 4.69) is 4.72 Å². The summed E-state index contributed by atoms with van der Waals surface area (Å²) in [5.41, 5.74) is 2.65. The lowest BCUT2D eigenvalue weighted by atomic mass is 9.99. The molecule has 3 aromatic rings. The van der Waals surface area contributed by atoms with Gasteiger partial charge in [-0.2, -0.15) is 0 Å². The van der Waals surface area contributed by atoms with Gasteiger partial charge in [-0.1, -0.05) is 60.7 Å². The molecule has 0 heterocycles. The van der Waals surface area contributed by atoms with Crippen LogP contribution in [0.15, 0.2) is 96.0 Å². The number of ether oxygens (including phenoxy) is 1. The monoisotopic (exact) mass is 365 g/mol. The lowest BCUT2D eigenvalue weighted by Gasteiger charge is -2.11. The molecule has 4 nitrogen and oxygen atoms in total. The highest BCUT2D eigenvalue weighted by molar-refractivity contribution is 7.89. The lowest BCUT2D eigenvalue weighted by molar-refractivity contribution is 0.414. The molecule has 0 bridgehead atoms. The fraction of sp³-hybridized carbons (Fsp3) is 0.0476. The normalized spacial score (nSPS) is 10.8. The maximum atomic E-state index is 12.6. The van der Waals surface area contributed by atoms with Crippen LogP contribution in [0.4, 0.5) is 0 Å². The molecule has 3 rings (SSSR count). The number of sulfonamides is 1. The van der Waals surface area contributed by atoms with Gasteiger partial charge in [0.15, 0.2) is 0 Å². The molecule has 26 heavy (non-hydrogen) atoms. The van der Waals surface area contributed by atoms with Crippen molar-refractivity contribution in [3.05, 3.63) is 102 Å². The van der Waals surface area contributed by atoms with Gasteiger partial charge in [0.1, 0.15) is 5.75 Å². The smallest absolute Gasteiger partial charge is 0.261 e. The van der Waals surface area contributed by atoms with E-state index >= 15 is 0 Å². The summed E-state index contributed by atoms with van der Waals surface area (Å²) in [6, 6.07) is 25.6. The fourth-order valence-corrected chi connectivity index (χ4v) is 3.43. The molecule has 0 amide bonds. The summed E-state index contributed by atoms with van der Waals surface area (Å²) in [4.78, 5) is 0.176. The summed E-state index contributed by atoms with van der Waals surface area (Å²) >= 11 is 0. The van der Waals surface area contributed by atoms with Gasteiger partial charge in [0.25, 0.3) is 10.0 Å². The van der Waals surface area contributed by atoms with Gasteiger partial charge in [0.2, 0.25) is 0 Å². The predicted octanol–water partition coefficient (Wildman–Crippen LogP) is 4.06. The van der Waals surface area contributed by atoms with E-state index in [0.29, 0.717) is 5.75 Å². The van der Waals surface area contributed by atoms with Crippen LogP contribution in [0.25, 0.3) is 5.57 Å². The van der Waals surface area contributed by atoms with Crippen LogP contribution in [0.2, 0.25) is 0 Å². The minimum absolute atomic E-state index is 0.176. The number of benzene rings is 3. The second kappa shape index (κ2) is 7.89. The van der Waals surface area contributed by atoms with Crippen molar-refractivity contribution in [1.82, 2.24) is 4.72 Å². The van der Waals surface area contributed by atoms with Gasteiger partial charge in [0, 0.05) is 11.8 Å². The molecule has 1 N–H and O–H groups in total. The van der Waals surface area contributed by atoms with Gasteiger partial charge in [0.05, 0.1) is 12.0 Å². The molecule has 0 aliphatic rings. The molecule has 0 saturated heterocycles. The van der Waals surface area contributed by atoms with Crippen molar-refractivity contribution in [3.63, 3.8) is 0 Å². The first-order chi connectivity index (χ1) is 12.6. The van der Waals surface area contributed by atoms with E-state index in [1.807, 2.05) is 60.7 Å². The molecular formula is C21H19NO3S. The molecule has 0 aliphatic heterocycles. The van der Waals surface area contributed by atoms with Gasteiger partial charge in [-0.25, -0.2) is 8.42 Å². The summed E-state index contributed by atoms with van der Waals surface area (Å²) in [7, 11) is -2.14. The van der Waals surface area contributed by atoms with E-state index in [0.717, 1.165) is 16.7 Å². The Balaban J connectivity index is 1.95. The van der Waals surface area contributed by atoms with Crippen molar-refractivity contribution in [3.8, 4) is 5.75 Å². The third kappa shape index (κ3) is 4.13. The topological polar surface area (TPSA) is 55.4 Å². The molecule has 0 unspecified atom stereocenters. The molecule has 0 saturated carbocycles. The number of hydrogen-bond acceptors (Lipinski definition) is 3. The van der Waals surface area contributed by atoms with Crippen molar-refractivity contribution in [2.45, 2.75) is 4.90 Å². The van der Waals surface area contributed by atoms with E-state index in [1.54, 1.807) is 12.1 Å². The van der Waals surface area contributed by atoms with E-state index in [-0.39, 0.29) is 4.90 Å². The first-order valence-electron chi connectivity index (χ1n) is 8.07. The zero-order valence-corrected chi connectivity index (χ0v) is 15.1. The summed E-state index contributed by atoms with van der Waals surface area (Å²) in [6.07, 6.45) is 1.53. The number of methoxy groups -OCH3 is 1. The van der Waals surface area contributed by atoms with Crippen LogP contribution in [-0.4, -0.2) is 15.5 Å². The van der Waals surface area contributed by atoms with Gasteiger partial charge in [-0.05, 0) is 35.4 Å². The fourth-order valence-electron chi connectivity index (χ4n) is 2.53. The highest BCUT2D eigenvalue weighted by atomic mass is 32.2. The van der Waals surface area contributed by atoms with Crippen LogP contribution in [-0.2, 0) is 10.0 Å². The van der Waals surface area contributed by atoms with Gasteiger partial charge in [-0.3, -0.25) is 4.72 Å².